The standard InChI is InChI=1S/C6H12.Fe/c1-3-5-6-4-2;/h3,5H,4,6H2,1-2H3;. The van der Waals surface area contributed by atoms with Crippen molar-refractivity contribution in [2.75, 3.05) is 0 Å². The SMILES string of the molecule is CC=CCCC.[Fe]. The molecule has 0 saturated heterocycles. The molecule has 0 saturated carbocycles. The first-order chi connectivity index (χ1) is 2.91. The first-order valence-electron chi connectivity index (χ1n) is 2.53. The molecule has 0 N–H and O–H groups in total. The van der Waals surface area contributed by atoms with Crippen LogP contribution in [-0.2, 0) is 17.1 Å². The molecule has 44 valence electrons. The fourth-order valence-corrected chi connectivity index (χ4v) is 0.333. The van der Waals surface area contributed by atoms with Gasteiger partial charge in [0, 0.05) is 17.1 Å². The van der Waals surface area contributed by atoms with Crippen molar-refractivity contribution in [1.29, 1.82) is 0 Å². The molecule has 0 aromatic carbocycles. The van der Waals surface area contributed by atoms with Crippen molar-refractivity contribution in [3.8, 4) is 0 Å². The average molecular weight is 140 g/mol. The molecular weight excluding hydrogens is 128 g/mol. The van der Waals surface area contributed by atoms with E-state index >= 15 is 0 Å². The molecule has 0 aromatic heterocycles. The van der Waals surface area contributed by atoms with E-state index in [9.17, 15) is 0 Å². The first-order valence-corrected chi connectivity index (χ1v) is 2.53. The molecule has 0 aliphatic rings. The van der Waals surface area contributed by atoms with Gasteiger partial charge in [-0.2, -0.15) is 0 Å². The Morgan fingerprint density at radius 3 is 2.14 bits per heavy atom. The summed E-state index contributed by atoms with van der Waals surface area (Å²) in [7, 11) is 0. The molecule has 0 aliphatic carbocycles. The van der Waals surface area contributed by atoms with Crippen molar-refractivity contribution in [3.05, 3.63) is 12.2 Å². The molecule has 0 bridgehead atoms. The minimum absolute atomic E-state index is 0. The Labute approximate surface area is 56.5 Å². The van der Waals surface area contributed by atoms with Crippen molar-refractivity contribution in [3.63, 3.8) is 0 Å². The molecule has 0 radical (unpaired) electrons. The minimum Gasteiger partial charge on any atom is -0.0917 e. The van der Waals surface area contributed by atoms with Crippen LogP contribution in [0.25, 0.3) is 0 Å². The van der Waals surface area contributed by atoms with Gasteiger partial charge in [-0.3, -0.25) is 0 Å². The van der Waals surface area contributed by atoms with Gasteiger partial charge < -0.3 is 0 Å². The van der Waals surface area contributed by atoms with E-state index in [4.69, 9.17) is 0 Å². The molecule has 0 aromatic rings. The molecule has 0 nitrogen and oxygen atoms in total. The second-order valence-corrected chi connectivity index (χ2v) is 1.36. The summed E-state index contributed by atoms with van der Waals surface area (Å²) in [6.07, 6.45) is 6.77. The summed E-state index contributed by atoms with van der Waals surface area (Å²) in [5.41, 5.74) is 0. The largest absolute Gasteiger partial charge is 0.0917 e. The van der Waals surface area contributed by atoms with Crippen LogP contribution in [0.2, 0.25) is 0 Å². The van der Waals surface area contributed by atoms with Crippen LogP contribution in [-0.4, -0.2) is 0 Å². The number of unbranched alkanes of at least 4 members (excludes halogenated alkanes) is 1. The predicted molar refractivity (Wildman–Crippen MR) is 29.7 cm³/mol. The van der Waals surface area contributed by atoms with Gasteiger partial charge in [0.1, 0.15) is 0 Å². The molecule has 0 unspecified atom stereocenters. The van der Waals surface area contributed by atoms with E-state index < -0.39 is 0 Å². The maximum Gasteiger partial charge on any atom is 0 e. The van der Waals surface area contributed by atoms with Gasteiger partial charge in [-0.15, -0.1) is 0 Å². The van der Waals surface area contributed by atoms with Crippen LogP contribution in [0, 0.1) is 0 Å². The van der Waals surface area contributed by atoms with Crippen LogP contribution >= 0.6 is 0 Å². The van der Waals surface area contributed by atoms with Gasteiger partial charge in [-0.1, -0.05) is 25.5 Å². The van der Waals surface area contributed by atoms with Crippen molar-refractivity contribution >= 4 is 0 Å². The maximum atomic E-state index is 2.18. The zero-order valence-corrected chi connectivity index (χ0v) is 6.03. The Balaban J connectivity index is 0. The Hall–Kier alpha value is 0.259. The van der Waals surface area contributed by atoms with Crippen molar-refractivity contribution in [2.24, 2.45) is 0 Å². The van der Waals surface area contributed by atoms with E-state index in [1.807, 2.05) is 0 Å². The third-order valence-corrected chi connectivity index (χ3v) is 0.691. The molecule has 0 aliphatic heterocycles. The van der Waals surface area contributed by atoms with E-state index in [-0.39, 0.29) is 17.1 Å². The Morgan fingerprint density at radius 1 is 1.43 bits per heavy atom. The van der Waals surface area contributed by atoms with Crippen molar-refractivity contribution in [2.45, 2.75) is 26.7 Å². The van der Waals surface area contributed by atoms with Gasteiger partial charge in [-0.25, -0.2) is 0 Å². The average Bonchev–Trinajstić information content (AvgIpc) is 1.61. The van der Waals surface area contributed by atoms with E-state index in [2.05, 4.69) is 26.0 Å². The fraction of sp³-hybridized carbons (Fsp3) is 0.667. The summed E-state index contributed by atoms with van der Waals surface area (Å²) in [6.45, 7) is 4.23. The Bertz CT molecular complexity index is 39.4. The summed E-state index contributed by atoms with van der Waals surface area (Å²) in [5.74, 6) is 0. The third kappa shape index (κ3) is 10.7. The molecule has 7 heavy (non-hydrogen) atoms. The molecule has 0 fully saturated rings. The van der Waals surface area contributed by atoms with Crippen LogP contribution in [0.4, 0.5) is 0 Å². The van der Waals surface area contributed by atoms with Gasteiger partial charge in [-0.05, 0) is 13.3 Å². The zero-order chi connectivity index (χ0) is 4.83. The van der Waals surface area contributed by atoms with Gasteiger partial charge in [0.25, 0.3) is 0 Å². The van der Waals surface area contributed by atoms with Crippen LogP contribution in [0.15, 0.2) is 12.2 Å². The molecular formula is C6H12Fe. The summed E-state index contributed by atoms with van der Waals surface area (Å²) in [5, 5.41) is 0. The van der Waals surface area contributed by atoms with Crippen LogP contribution < -0.4 is 0 Å². The minimum atomic E-state index is 0. The maximum absolute atomic E-state index is 2.18. The second-order valence-electron chi connectivity index (χ2n) is 1.36. The molecule has 0 spiro atoms. The van der Waals surface area contributed by atoms with E-state index in [1.165, 1.54) is 12.8 Å². The van der Waals surface area contributed by atoms with Crippen LogP contribution in [0.1, 0.15) is 26.7 Å². The summed E-state index contributed by atoms with van der Waals surface area (Å²) < 4.78 is 0. The Kier molecular flexibility index (Phi) is 14.0. The van der Waals surface area contributed by atoms with E-state index in [1.54, 1.807) is 0 Å². The van der Waals surface area contributed by atoms with Crippen LogP contribution in [0.3, 0.4) is 0 Å². The molecule has 0 atom stereocenters. The van der Waals surface area contributed by atoms with Gasteiger partial charge >= 0.3 is 0 Å². The van der Waals surface area contributed by atoms with Gasteiger partial charge in [0.15, 0.2) is 0 Å². The van der Waals surface area contributed by atoms with Crippen molar-refractivity contribution in [1.82, 2.24) is 0 Å². The quantitative estimate of drug-likeness (QED) is 0.408. The topological polar surface area (TPSA) is 0 Å². The first kappa shape index (κ1) is 10.3. The Morgan fingerprint density at radius 2 is 2.00 bits per heavy atom. The smallest absolute Gasteiger partial charge is 0 e. The number of allylic oxidation sites excluding steroid dienone is 2. The van der Waals surface area contributed by atoms with Crippen LogP contribution in [0.5, 0.6) is 0 Å². The molecule has 0 rings (SSSR count). The summed E-state index contributed by atoms with van der Waals surface area (Å²) in [4.78, 5) is 0. The van der Waals surface area contributed by atoms with Gasteiger partial charge in [0.2, 0.25) is 0 Å². The molecule has 0 amide bonds. The number of hydrogen-bond donors (Lipinski definition) is 0. The number of rotatable bonds is 2. The molecule has 1 heteroatoms. The summed E-state index contributed by atoms with van der Waals surface area (Å²) in [6, 6.07) is 0. The monoisotopic (exact) mass is 140 g/mol. The van der Waals surface area contributed by atoms with E-state index in [0.29, 0.717) is 0 Å². The molecule has 0 heterocycles. The third-order valence-electron chi connectivity index (χ3n) is 0.691. The normalized spacial score (nSPS) is 8.86. The summed E-state index contributed by atoms with van der Waals surface area (Å²) >= 11 is 0. The second kappa shape index (κ2) is 9.54. The van der Waals surface area contributed by atoms with E-state index in [0.717, 1.165) is 0 Å². The zero-order valence-electron chi connectivity index (χ0n) is 4.92. The van der Waals surface area contributed by atoms with Crippen molar-refractivity contribution < 1.29 is 17.1 Å². The predicted octanol–water partition coefficient (Wildman–Crippen LogP) is 2.36. The number of hydrogen-bond acceptors (Lipinski definition) is 0. The fourth-order valence-electron chi connectivity index (χ4n) is 0.333. The van der Waals surface area contributed by atoms with Gasteiger partial charge in [0.05, 0.1) is 0 Å².